The van der Waals surface area contributed by atoms with Gasteiger partial charge in [0, 0.05) is 36.6 Å². The van der Waals surface area contributed by atoms with E-state index in [1.807, 2.05) is 32.0 Å². The smallest absolute Gasteiger partial charge is 0.406 e. The molecule has 4 nitrogen and oxygen atoms in total. The number of halogens is 3. The molecule has 2 heterocycles. The van der Waals surface area contributed by atoms with Crippen molar-refractivity contribution in [1.29, 1.82) is 0 Å². The van der Waals surface area contributed by atoms with Gasteiger partial charge in [-0.2, -0.15) is 0 Å². The Morgan fingerprint density at radius 1 is 1.03 bits per heavy atom. The molecule has 1 aromatic heterocycles. The molecule has 3 aromatic rings. The number of amides is 1. The Morgan fingerprint density at radius 3 is 2.43 bits per heavy atom. The van der Waals surface area contributed by atoms with Crippen molar-refractivity contribution in [3.63, 3.8) is 0 Å². The van der Waals surface area contributed by atoms with Crippen LogP contribution in [0.3, 0.4) is 0 Å². The van der Waals surface area contributed by atoms with Gasteiger partial charge < -0.3 is 9.64 Å². The number of aryl methyl sites for hydroxylation is 2. The Hall–Kier alpha value is -3.35. The van der Waals surface area contributed by atoms with Gasteiger partial charge in [-0.1, -0.05) is 18.2 Å². The highest BCUT2D eigenvalue weighted by molar-refractivity contribution is 6.00. The molecule has 0 bridgehead atoms. The molecule has 0 unspecified atom stereocenters. The standard InChI is InChI=1S/C23H19F3N2O2/c1-14-7-18(11-27-10-14)17-8-15(2)21-19(9-17)13-28(22(21)29)12-16-3-5-20(6-4-16)30-23(24,25)26/h3-11H,12-13H2,1-2H3. The minimum Gasteiger partial charge on any atom is -0.406 e. The van der Waals surface area contributed by atoms with Crippen LogP contribution >= 0.6 is 0 Å². The van der Waals surface area contributed by atoms with Gasteiger partial charge in [0.15, 0.2) is 0 Å². The average Bonchev–Trinajstić information content (AvgIpc) is 2.98. The average molecular weight is 412 g/mol. The first-order valence-electron chi connectivity index (χ1n) is 9.39. The van der Waals surface area contributed by atoms with Crippen LogP contribution in [0.1, 0.15) is 32.6 Å². The highest BCUT2D eigenvalue weighted by atomic mass is 19.4. The van der Waals surface area contributed by atoms with Crippen LogP contribution in [0.15, 0.2) is 54.9 Å². The lowest BCUT2D eigenvalue weighted by molar-refractivity contribution is -0.274. The second-order valence-electron chi connectivity index (χ2n) is 7.43. The number of carbonyl (C=O) groups is 1. The fourth-order valence-electron chi connectivity index (χ4n) is 3.75. The summed E-state index contributed by atoms with van der Waals surface area (Å²) in [5, 5.41) is 0. The summed E-state index contributed by atoms with van der Waals surface area (Å²) < 4.78 is 40.8. The number of ether oxygens (including phenoxy) is 1. The number of hydrogen-bond acceptors (Lipinski definition) is 3. The summed E-state index contributed by atoms with van der Waals surface area (Å²) in [4.78, 5) is 18.8. The van der Waals surface area contributed by atoms with Crippen LogP contribution in [-0.2, 0) is 13.1 Å². The summed E-state index contributed by atoms with van der Waals surface area (Å²) in [7, 11) is 0. The van der Waals surface area contributed by atoms with E-state index in [1.165, 1.54) is 24.3 Å². The number of benzene rings is 2. The first-order chi connectivity index (χ1) is 14.2. The molecular weight excluding hydrogens is 393 g/mol. The molecule has 0 saturated heterocycles. The highest BCUT2D eigenvalue weighted by Gasteiger charge is 2.31. The van der Waals surface area contributed by atoms with E-state index >= 15 is 0 Å². The predicted octanol–water partition coefficient (Wildman–Crippen LogP) is 5.42. The number of aromatic nitrogens is 1. The molecular formula is C23H19F3N2O2. The zero-order chi connectivity index (χ0) is 21.5. The van der Waals surface area contributed by atoms with Crippen molar-refractivity contribution in [2.45, 2.75) is 33.3 Å². The summed E-state index contributed by atoms with van der Waals surface area (Å²) in [5.74, 6) is -0.360. The Kier molecular flexibility index (Phi) is 4.97. The number of alkyl halides is 3. The summed E-state index contributed by atoms with van der Waals surface area (Å²) in [5.41, 5.74) is 6.31. The lowest BCUT2D eigenvalue weighted by Gasteiger charge is -2.16. The van der Waals surface area contributed by atoms with E-state index in [2.05, 4.69) is 9.72 Å². The third kappa shape index (κ3) is 4.15. The van der Waals surface area contributed by atoms with Crippen LogP contribution in [0.2, 0.25) is 0 Å². The van der Waals surface area contributed by atoms with E-state index in [1.54, 1.807) is 17.3 Å². The second kappa shape index (κ2) is 7.48. The molecule has 0 radical (unpaired) electrons. The summed E-state index contributed by atoms with van der Waals surface area (Å²) >= 11 is 0. The maximum absolute atomic E-state index is 12.9. The molecule has 0 aliphatic carbocycles. The summed E-state index contributed by atoms with van der Waals surface area (Å²) in [6.45, 7) is 4.65. The largest absolute Gasteiger partial charge is 0.573 e. The molecule has 1 aliphatic rings. The van der Waals surface area contributed by atoms with Crippen LogP contribution in [0, 0.1) is 13.8 Å². The SMILES string of the molecule is Cc1cncc(-c2cc(C)c3c(c2)CN(Cc2ccc(OC(F)(F)F)cc2)C3=O)c1. The number of carbonyl (C=O) groups excluding carboxylic acids is 1. The summed E-state index contributed by atoms with van der Waals surface area (Å²) in [6, 6.07) is 11.6. The third-order valence-corrected chi connectivity index (χ3v) is 5.02. The van der Waals surface area contributed by atoms with Gasteiger partial charge in [0.1, 0.15) is 5.75 Å². The number of hydrogen-bond donors (Lipinski definition) is 0. The molecule has 7 heteroatoms. The monoisotopic (exact) mass is 412 g/mol. The van der Waals surface area contributed by atoms with Crippen molar-refractivity contribution >= 4 is 5.91 Å². The highest BCUT2D eigenvalue weighted by Crippen LogP contribution is 2.32. The van der Waals surface area contributed by atoms with Crippen LogP contribution in [0.5, 0.6) is 5.75 Å². The van der Waals surface area contributed by atoms with Gasteiger partial charge >= 0.3 is 6.36 Å². The number of fused-ring (bicyclic) bond motifs is 1. The number of nitrogens with zero attached hydrogens (tertiary/aromatic N) is 2. The lowest BCUT2D eigenvalue weighted by atomic mass is 9.96. The van der Waals surface area contributed by atoms with E-state index in [-0.39, 0.29) is 11.7 Å². The van der Waals surface area contributed by atoms with Crippen molar-refractivity contribution in [2.75, 3.05) is 0 Å². The van der Waals surface area contributed by atoms with E-state index in [9.17, 15) is 18.0 Å². The lowest BCUT2D eigenvalue weighted by Crippen LogP contribution is -2.23. The van der Waals surface area contributed by atoms with Gasteiger partial charge in [-0.05, 0) is 65.9 Å². The predicted molar refractivity (Wildman–Crippen MR) is 106 cm³/mol. The fourth-order valence-corrected chi connectivity index (χ4v) is 3.75. The molecule has 0 saturated carbocycles. The zero-order valence-corrected chi connectivity index (χ0v) is 16.5. The fraction of sp³-hybridized carbons (Fsp3) is 0.217. The molecule has 1 aliphatic heterocycles. The molecule has 30 heavy (non-hydrogen) atoms. The Morgan fingerprint density at radius 2 is 1.77 bits per heavy atom. The minimum absolute atomic E-state index is 0.0768. The molecule has 0 atom stereocenters. The van der Waals surface area contributed by atoms with Crippen molar-refractivity contribution in [3.05, 3.63) is 82.7 Å². The van der Waals surface area contributed by atoms with Gasteiger partial charge in [-0.15, -0.1) is 13.2 Å². The Balaban J connectivity index is 1.54. The topological polar surface area (TPSA) is 42.4 Å². The Labute approximate surface area is 171 Å². The molecule has 0 fully saturated rings. The van der Waals surface area contributed by atoms with Crippen LogP contribution in [0.25, 0.3) is 11.1 Å². The van der Waals surface area contributed by atoms with E-state index in [4.69, 9.17) is 0 Å². The van der Waals surface area contributed by atoms with Crippen molar-refractivity contribution in [1.82, 2.24) is 9.88 Å². The van der Waals surface area contributed by atoms with Gasteiger partial charge in [0.2, 0.25) is 0 Å². The first kappa shape index (κ1) is 19.9. The third-order valence-electron chi connectivity index (χ3n) is 5.02. The van der Waals surface area contributed by atoms with Crippen LogP contribution in [0.4, 0.5) is 13.2 Å². The number of rotatable bonds is 4. The van der Waals surface area contributed by atoms with E-state index in [0.717, 1.165) is 33.4 Å². The molecule has 0 spiro atoms. The van der Waals surface area contributed by atoms with Crippen LogP contribution in [-0.4, -0.2) is 22.2 Å². The van der Waals surface area contributed by atoms with Crippen molar-refractivity contribution < 1.29 is 22.7 Å². The van der Waals surface area contributed by atoms with E-state index < -0.39 is 6.36 Å². The Bertz CT molecular complexity index is 1110. The number of pyridine rings is 1. The molecule has 0 N–H and O–H groups in total. The second-order valence-corrected chi connectivity index (χ2v) is 7.43. The summed E-state index contributed by atoms with van der Waals surface area (Å²) in [6.07, 6.45) is -1.14. The van der Waals surface area contributed by atoms with Gasteiger partial charge in [-0.3, -0.25) is 9.78 Å². The van der Waals surface area contributed by atoms with Gasteiger partial charge in [-0.25, -0.2) is 0 Å². The maximum Gasteiger partial charge on any atom is 0.573 e. The van der Waals surface area contributed by atoms with E-state index in [0.29, 0.717) is 18.7 Å². The van der Waals surface area contributed by atoms with Gasteiger partial charge in [0.05, 0.1) is 0 Å². The quantitative estimate of drug-likeness (QED) is 0.575. The van der Waals surface area contributed by atoms with Crippen LogP contribution < -0.4 is 4.74 Å². The zero-order valence-electron chi connectivity index (χ0n) is 16.5. The maximum atomic E-state index is 12.9. The normalized spacial score (nSPS) is 13.5. The minimum atomic E-state index is -4.73. The van der Waals surface area contributed by atoms with Crippen molar-refractivity contribution in [2.24, 2.45) is 0 Å². The molecule has 2 aromatic carbocycles. The molecule has 1 amide bonds. The van der Waals surface area contributed by atoms with Gasteiger partial charge in [0.25, 0.3) is 5.91 Å². The van der Waals surface area contributed by atoms with Crippen molar-refractivity contribution in [3.8, 4) is 16.9 Å². The molecule has 4 rings (SSSR count). The molecule has 154 valence electrons. The first-order valence-corrected chi connectivity index (χ1v) is 9.39.